The van der Waals surface area contributed by atoms with E-state index in [1.54, 1.807) is 13.2 Å². The average Bonchev–Trinajstić information content (AvgIpc) is 2.24. The second-order valence-corrected chi connectivity index (χ2v) is 4.23. The quantitative estimate of drug-likeness (QED) is 0.608. The Bertz CT molecular complexity index is 217. The fourth-order valence-electron chi connectivity index (χ4n) is 1.34. The summed E-state index contributed by atoms with van der Waals surface area (Å²) in [5, 5.41) is 6.01. The summed E-state index contributed by atoms with van der Waals surface area (Å²) in [6.07, 6.45) is 1.67. The van der Waals surface area contributed by atoms with Gasteiger partial charge in [0.1, 0.15) is 0 Å². The number of hydrogen-bond acceptors (Lipinski definition) is 3. The highest BCUT2D eigenvalue weighted by atomic mass is 16.5. The van der Waals surface area contributed by atoms with Gasteiger partial charge in [-0.3, -0.25) is 4.79 Å². The molecule has 0 aliphatic rings. The fraction of sp³-hybridized carbons (Fsp3) is 0.750. The van der Waals surface area contributed by atoms with Gasteiger partial charge in [-0.15, -0.1) is 6.58 Å². The molecule has 16 heavy (non-hydrogen) atoms. The molecule has 0 aliphatic heterocycles. The van der Waals surface area contributed by atoms with Gasteiger partial charge >= 0.3 is 0 Å². The SMILES string of the molecule is C=CCNC(=O)C(C)NC(COC)C(C)C. The molecule has 4 nitrogen and oxygen atoms in total. The molecule has 94 valence electrons. The minimum atomic E-state index is -0.220. The molecule has 4 heteroatoms. The average molecular weight is 228 g/mol. The van der Waals surface area contributed by atoms with Crippen LogP contribution in [-0.2, 0) is 9.53 Å². The normalized spacial score (nSPS) is 14.6. The van der Waals surface area contributed by atoms with E-state index in [1.807, 2.05) is 6.92 Å². The van der Waals surface area contributed by atoms with Gasteiger partial charge in [-0.1, -0.05) is 19.9 Å². The zero-order valence-corrected chi connectivity index (χ0v) is 10.7. The maximum absolute atomic E-state index is 11.6. The van der Waals surface area contributed by atoms with Crippen molar-refractivity contribution in [2.45, 2.75) is 32.9 Å². The topological polar surface area (TPSA) is 50.4 Å². The summed E-state index contributed by atoms with van der Waals surface area (Å²) in [6.45, 7) is 10.7. The summed E-state index contributed by atoms with van der Waals surface area (Å²) < 4.78 is 5.12. The fourth-order valence-corrected chi connectivity index (χ4v) is 1.34. The van der Waals surface area contributed by atoms with E-state index in [9.17, 15) is 4.79 Å². The molecular formula is C12H24N2O2. The summed E-state index contributed by atoms with van der Waals surface area (Å²) in [7, 11) is 1.67. The first-order valence-electron chi connectivity index (χ1n) is 5.66. The maximum Gasteiger partial charge on any atom is 0.237 e. The maximum atomic E-state index is 11.6. The number of amides is 1. The molecule has 2 N–H and O–H groups in total. The number of carbonyl (C=O) groups is 1. The van der Waals surface area contributed by atoms with Crippen LogP contribution in [0.5, 0.6) is 0 Å². The molecule has 0 spiro atoms. The lowest BCUT2D eigenvalue weighted by Crippen LogP contribution is -2.49. The number of hydrogen-bond donors (Lipinski definition) is 2. The van der Waals surface area contributed by atoms with Crippen LogP contribution < -0.4 is 10.6 Å². The van der Waals surface area contributed by atoms with E-state index in [0.29, 0.717) is 19.1 Å². The van der Waals surface area contributed by atoms with Crippen molar-refractivity contribution in [3.8, 4) is 0 Å². The van der Waals surface area contributed by atoms with Crippen LogP contribution in [-0.4, -0.2) is 38.3 Å². The van der Waals surface area contributed by atoms with Gasteiger partial charge < -0.3 is 15.4 Å². The summed E-state index contributed by atoms with van der Waals surface area (Å²) in [6, 6.07) is -0.0306. The zero-order valence-electron chi connectivity index (χ0n) is 10.7. The van der Waals surface area contributed by atoms with Crippen LogP contribution in [0, 0.1) is 5.92 Å². The van der Waals surface area contributed by atoms with E-state index in [2.05, 4.69) is 31.1 Å². The second kappa shape index (κ2) is 8.30. The molecule has 0 aliphatic carbocycles. The Balaban J connectivity index is 4.11. The van der Waals surface area contributed by atoms with Crippen LogP contribution in [0.15, 0.2) is 12.7 Å². The highest BCUT2D eigenvalue weighted by molar-refractivity contribution is 5.81. The smallest absolute Gasteiger partial charge is 0.237 e. The van der Waals surface area contributed by atoms with Crippen LogP contribution >= 0.6 is 0 Å². The Labute approximate surface area is 98.4 Å². The van der Waals surface area contributed by atoms with Crippen LogP contribution in [0.3, 0.4) is 0 Å². The molecule has 0 saturated carbocycles. The van der Waals surface area contributed by atoms with E-state index >= 15 is 0 Å². The van der Waals surface area contributed by atoms with Crippen LogP contribution in [0.1, 0.15) is 20.8 Å². The first-order chi connectivity index (χ1) is 7.52. The molecular weight excluding hydrogens is 204 g/mol. The first kappa shape index (κ1) is 15.1. The molecule has 0 aromatic carbocycles. The molecule has 0 aromatic heterocycles. The molecule has 1 amide bonds. The van der Waals surface area contributed by atoms with Crippen molar-refractivity contribution in [3.05, 3.63) is 12.7 Å². The number of carbonyl (C=O) groups excluding carboxylic acids is 1. The van der Waals surface area contributed by atoms with Gasteiger partial charge in [-0.25, -0.2) is 0 Å². The highest BCUT2D eigenvalue weighted by Crippen LogP contribution is 2.03. The molecule has 0 heterocycles. The van der Waals surface area contributed by atoms with Crippen molar-refractivity contribution < 1.29 is 9.53 Å². The molecule has 2 atom stereocenters. The van der Waals surface area contributed by atoms with Crippen LogP contribution in [0.25, 0.3) is 0 Å². The van der Waals surface area contributed by atoms with Crippen LogP contribution in [0.4, 0.5) is 0 Å². The number of ether oxygens (including phenoxy) is 1. The molecule has 0 aromatic rings. The van der Waals surface area contributed by atoms with Gasteiger partial charge in [0.15, 0.2) is 0 Å². The van der Waals surface area contributed by atoms with Gasteiger partial charge in [0.25, 0.3) is 0 Å². The number of rotatable bonds is 8. The van der Waals surface area contributed by atoms with E-state index in [4.69, 9.17) is 4.74 Å². The lowest BCUT2D eigenvalue weighted by molar-refractivity contribution is -0.122. The van der Waals surface area contributed by atoms with Crippen molar-refractivity contribution in [2.24, 2.45) is 5.92 Å². The summed E-state index contributed by atoms with van der Waals surface area (Å²) in [5.41, 5.74) is 0. The van der Waals surface area contributed by atoms with Gasteiger partial charge in [-0.05, 0) is 12.8 Å². The zero-order chi connectivity index (χ0) is 12.6. The van der Waals surface area contributed by atoms with E-state index in [0.717, 1.165) is 0 Å². The Morgan fingerprint density at radius 3 is 2.50 bits per heavy atom. The van der Waals surface area contributed by atoms with Gasteiger partial charge in [0, 0.05) is 19.7 Å². The Morgan fingerprint density at radius 1 is 1.44 bits per heavy atom. The summed E-state index contributed by atoms with van der Waals surface area (Å²) in [5.74, 6) is 0.413. The number of nitrogens with one attached hydrogen (secondary N) is 2. The molecule has 2 unspecified atom stereocenters. The van der Waals surface area contributed by atoms with E-state index in [1.165, 1.54) is 0 Å². The largest absolute Gasteiger partial charge is 0.383 e. The van der Waals surface area contributed by atoms with Gasteiger partial charge in [0.2, 0.25) is 5.91 Å². The van der Waals surface area contributed by atoms with Gasteiger partial charge in [-0.2, -0.15) is 0 Å². The Kier molecular flexibility index (Phi) is 7.85. The molecule has 0 bridgehead atoms. The van der Waals surface area contributed by atoms with E-state index in [-0.39, 0.29) is 18.0 Å². The number of methoxy groups -OCH3 is 1. The molecule has 0 saturated heterocycles. The Morgan fingerprint density at radius 2 is 2.06 bits per heavy atom. The van der Waals surface area contributed by atoms with E-state index < -0.39 is 0 Å². The monoisotopic (exact) mass is 228 g/mol. The van der Waals surface area contributed by atoms with Crippen molar-refractivity contribution >= 4 is 5.91 Å². The van der Waals surface area contributed by atoms with Crippen molar-refractivity contribution in [1.29, 1.82) is 0 Å². The summed E-state index contributed by atoms with van der Waals surface area (Å²) in [4.78, 5) is 11.6. The third-order valence-electron chi connectivity index (χ3n) is 2.43. The highest BCUT2D eigenvalue weighted by Gasteiger charge is 2.19. The van der Waals surface area contributed by atoms with Crippen molar-refractivity contribution in [2.75, 3.05) is 20.3 Å². The summed E-state index contributed by atoms with van der Waals surface area (Å²) >= 11 is 0. The standard InChI is InChI=1S/C12H24N2O2/c1-6-7-13-12(15)10(4)14-11(8-16-5)9(2)3/h6,9-11,14H,1,7-8H2,2-5H3,(H,13,15). The minimum Gasteiger partial charge on any atom is -0.383 e. The lowest BCUT2D eigenvalue weighted by atomic mass is 10.0. The third-order valence-corrected chi connectivity index (χ3v) is 2.43. The second-order valence-electron chi connectivity index (χ2n) is 4.23. The minimum absolute atomic E-state index is 0.0124. The van der Waals surface area contributed by atoms with Gasteiger partial charge in [0.05, 0.1) is 12.6 Å². The molecule has 0 rings (SSSR count). The predicted molar refractivity (Wildman–Crippen MR) is 66.3 cm³/mol. The van der Waals surface area contributed by atoms with Crippen molar-refractivity contribution in [1.82, 2.24) is 10.6 Å². The van der Waals surface area contributed by atoms with Crippen LogP contribution in [0.2, 0.25) is 0 Å². The lowest BCUT2D eigenvalue weighted by Gasteiger charge is -2.25. The van der Waals surface area contributed by atoms with Crippen molar-refractivity contribution in [3.63, 3.8) is 0 Å². The first-order valence-corrected chi connectivity index (χ1v) is 5.66. The molecule has 0 fully saturated rings. The Hall–Kier alpha value is -0.870. The third kappa shape index (κ3) is 5.88. The predicted octanol–water partition coefficient (Wildman–Crippen LogP) is 0.938. The molecule has 0 radical (unpaired) electrons.